The van der Waals surface area contributed by atoms with Crippen molar-refractivity contribution in [1.82, 2.24) is 9.80 Å². The Bertz CT molecular complexity index is 477. The molecular formula is C16H23BrN2O2. The van der Waals surface area contributed by atoms with Crippen LogP contribution in [0.15, 0.2) is 28.7 Å². The lowest BCUT2D eigenvalue weighted by Crippen LogP contribution is -2.45. The van der Waals surface area contributed by atoms with Crippen LogP contribution in [-0.4, -0.2) is 55.0 Å². The van der Waals surface area contributed by atoms with Gasteiger partial charge in [-0.05, 0) is 25.5 Å². The van der Waals surface area contributed by atoms with Crippen LogP contribution in [0.4, 0.5) is 0 Å². The predicted octanol–water partition coefficient (Wildman–Crippen LogP) is 2.69. The lowest BCUT2D eigenvalue weighted by Gasteiger charge is -2.34. The van der Waals surface area contributed by atoms with Crippen LogP contribution in [0.2, 0.25) is 0 Å². The summed E-state index contributed by atoms with van der Waals surface area (Å²) in [6.45, 7) is 8.29. The number of hydrogen-bond acceptors (Lipinski definition) is 3. The van der Waals surface area contributed by atoms with Gasteiger partial charge in [-0.15, -0.1) is 0 Å². The molecule has 1 unspecified atom stereocenters. The molecule has 1 aromatic carbocycles. The molecular weight excluding hydrogens is 332 g/mol. The van der Waals surface area contributed by atoms with Gasteiger partial charge in [-0.2, -0.15) is 0 Å². The molecule has 1 heterocycles. The second-order valence-electron chi connectivity index (χ2n) is 5.18. The highest BCUT2D eigenvalue weighted by atomic mass is 79.9. The number of benzene rings is 1. The standard InChI is InChI=1S/C16H23BrN2O2/c1-3-19(4-2)16(20)12-18-9-10-21-15(11-18)13-7-5-6-8-14(13)17/h5-8,15H,3-4,9-12H2,1-2H3. The molecule has 116 valence electrons. The molecule has 1 aromatic rings. The Morgan fingerprint density at radius 2 is 2.10 bits per heavy atom. The van der Waals surface area contributed by atoms with Gasteiger partial charge in [0.1, 0.15) is 0 Å². The van der Waals surface area contributed by atoms with Gasteiger partial charge in [0.2, 0.25) is 5.91 Å². The van der Waals surface area contributed by atoms with Crippen LogP contribution in [0, 0.1) is 0 Å². The van der Waals surface area contributed by atoms with E-state index in [4.69, 9.17) is 4.74 Å². The van der Waals surface area contributed by atoms with E-state index in [1.165, 1.54) is 0 Å². The van der Waals surface area contributed by atoms with E-state index in [1.54, 1.807) is 0 Å². The Kier molecular flexibility index (Phi) is 6.21. The SMILES string of the molecule is CCN(CC)C(=O)CN1CCOC(c2ccccc2Br)C1. The average molecular weight is 355 g/mol. The van der Waals surface area contributed by atoms with Crippen LogP contribution in [0.1, 0.15) is 25.5 Å². The van der Waals surface area contributed by atoms with E-state index in [0.717, 1.165) is 36.2 Å². The van der Waals surface area contributed by atoms with E-state index in [1.807, 2.05) is 36.9 Å². The van der Waals surface area contributed by atoms with Crippen molar-refractivity contribution in [2.75, 3.05) is 39.3 Å². The Hall–Kier alpha value is -0.910. The highest BCUT2D eigenvalue weighted by Crippen LogP contribution is 2.28. The monoisotopic (exact) mass is 354 g/mol. The summed E-state index contributed by atoms with van der Waals surface area (Å²) in [5.41, 5.74) is 1.15. The number of carbonyl (C=O) groups is 1. The molecule has 2 rings (SSSR count). The van der Waals surface area contributed by atoms with Gasteiger partial charge in [0, 0.05) is 30.7 Å². The molecule has 0 spiro atoms. The van der Waals surface area contributed by atoms with Crippen molar-refractivity contribution < 1.29 is 9.53 Å². The first-order valence-corrected chi connectivity index (χ1v) is 8.31. The fraction of sp³-hybridized carbons (Fsp3) is 0.562. The molecule has 0 bridgehead atoms. The van der Waals surface area contributed by atoms with Crippen molar-refractivity contribution in [2.45, 2.75) is 20.0 Å². The number of likely N-dealkylation sites (N-methyl/N-ethyl adjacent to an activating group) is 1. The third kappa shape index (κ3) is 4.28. The molecule has 1 saturated heterocycles. The van der Waals surface area contributed by atoms with Crippen LogP contribution in [0.25, 0.3) is 0 Å². The van der Waals surface area contributed by atoms with E-state index in [0.29, 0.717) is 13.2 Å². The molecule has 1 aliphatic heterocycles. The van der Waals surface area contributed by atoms with Gasteiger partial charge in [0.15, 0.2) is 0 Å². The van der Waals surface area contributed by atoms with Crippen molar-refractivity contribution in [1.29, 1.82) is 0 Å². The van der Waals surface area contributed by atoms with Crippen LogP contribution in [0.3, 0.4) is 0 Å². The molecule has 0 aliphatic carbocycles. The Balaban J connectivity index is 1.98. The van der Waals surface area contributed by atoms with E-state index >= 15 is 0 Å². The van der Waals surface area contributed by atoms with E-state index < -0.39 is 0 Å². The second-order valence-corrected chi connectivity index (χ2v) is 6.04. The highest BCUT2D eigenvalue weighted by molar-refractivity contribution is 9.10. The number of ether oxygens (including phenoxy) is 1. The largest absolute Gasteiger partial charge is 0.371 e. The lowest BCUT2D eigenvalue weighted by atomic mass is 10.1. The smallest absolute Gasteiger partial charge is 0.236 e. The molecule has 5 heteroatoms. The first-order chi connectivity index (χ1) is 10.2. The van der Waals surface area contributed by atoms with Crippen molar-refractivity contribution >= 4 is 21.8 Å². The maximum Gasteiger partial charge on any atom is 0.236 e. The molecule has 1 fully saturated rings. The number of rotatable bonds is 5. The summed E-state index contributed by atoms with van der Waals surface area (Å²) in [4.78, 5) is 16.3. The van der Waals surface area contributed by atoms with Crippen molar-refractivity contribution in [3.8, 4) is 0 Å². The minimum absolute atomic E-state index is 0.0267. The number of hydrogen-bond donors (Lipinski definition) is 0. The van der Waals surface area contributed by atoms with Crippen LogP contribution in [0.5, 0.6) is 0 Å². The topological polar surface area (TPSA) is 32.8 Å². The molecule has 0 N–H and O–H groups in total. The fourth-order valence-electron chi connectivity index (χ4n) is 2.64. The minimum atomic E-state index is 0.0267. The third-order valence-corrected chi connectivity index (χ3v) is 4.60. The molecule has 1 amide bonds. The van der Waals surface area contributed by atoms with Gasteiger partial charge in [-0.25, -0.2) is 0 Å². The lowest BCUT2D eigenvalue weighted by molar-refractivity contribution is -0.134. The zero-order chi connectivity index (χ0) is 15.2. The zero-order valence-corrected chi connectivity index (χ0v) is 14.3. The summed E-state index contributed by atoms with van der Waals surface area (Å²) in [5.74, 6) is 0.202. The number of nitrogens with zero attached hydrogens (tertiary/aromatic N) is 2. The van der Waals surface area contributed by atoms with Gasteiger partial charge in [-0.3, -0.25) is 9.69 Å². The normalized spacial score (nSPS) is 19.5. The highest BCUT2D eigenvalue weighted by Gasteiger charge is 2.25. The summed E-state index contributed by atoms with van der Waals surface area (Å²) in [6, 6.07) is 8.12. The molecule has 0 aromatic heterocycles. The predicted molar refractivity (Wildman–Crippen MR) is 87.2 cm³/mol. The quantitative estimate of drug-likeness (QED) is 0.814. The number of morpholine rings is 1. The van der Waals surface area contributed by atoms with Crippen LogP contribution in [-0.2, 0) is 9.53 Å². The van der Waals surface area contributed by atoms with Crippen molar-refractivity contribution in [2.24, 2.45) is 0 Å². The summed E-state index contributed by atoms with van der Waals surface area (Å²) < 4.78 is 6.94. The Labute approximate surface area is 135 Å². The number of carbonyl (C=O) groups excluding carboxylic acids is 1. The maximum absolute atomic E-state index is 12.2. The van der Waals surface area contributed by atoms with Gasteiger partial charge in [0.25, 0.3) is 0 Å². The van der Waals surface area contributed by atoms with E-state index in [9.17, 15) is 4.79 Å². The molecule has 0 radical (unpaired) electrons. The summed E-state index contributed by atoms with van der Waals surface area (Å²) in [5, 5.41) is 0. The average Bonchev–Trinajstić information content (AvgIpc) is 2.49. The Morgan fingerprint density at radius 1 is 1.38 bits per heavy atom. The molecule has 4 nitrogen and oxygen atoms in total. The third-order valence-electron chi connectivity index (χ3n) is 3.88. The van der Waals surface area contributed by atoms with Crippen LogP contribution >= 0.6 is 15.9 Å². The van der Waals surface area contributed by atoms with Crippen LogP contribution < -0.4 is 0 Å². The number of halogens is 1. The summed E-state index contributed by atoms with van der Waals surface area (Å²) in [7, 11) is 0. The van der Waals surface area contributed by atoms with E-state index in [-0.39, 0.29) is 12.0 Å². The van der Waals surface area contributed by atoms with Gasteiger partial charge in [0.05, 0.1) is 19.3 Å². The Morgan fingerprint density at radius 3 is 2.76 bits per heavy atom. The molecule has 21 heavy (non-hydrogen) atoms. The molecule has 0 saturated carbocycles. The minimum Gasteiger partial charge on any atom is -0.371 e. The van der Waals surface area contributed by atoms with Gasteiger partial charge >= 0.3 is 0 Å². The molecule has 1 aliphatic rings. The second kappa shape index (κ2) is 7.92. The van der Waals surface area contributed by atoms with Crippen molar-refractivity contribution in [3.63, 3.8) is 0 Å². The van der Waals surface area contributed by atoms with E-state index in [2.05, 4.69) is 26.9 Å². The summed E-state index contributed by atoms with van der Waals surface area (Å²) in [6.07, 6.45) is 0.0267. The van der Waals surface area contributed by atoms with Gasteiger partial charge < -0.3 is 9.64 Å². The summed E-state index contributed by atoms with van der Waals surface area (Å²) >= 11 is 3.57. The first kappa shape index (κ1) is 16.5. The first-order valence-electron chi connectivity index (χ1n) is 7.51. The van der Waals surface area contributed by atoms with Crippen molar-refractivity contribution in [3.05, 3.63) is 34.3 Å². The zero-order valence-electron chi connectivity index (χ0n) is 12.7. The maximum atomic E-state index is 12.2. The fourth-order valence-corrected chi connectivity index (χ4v) is 3.18. The number of amides is 1. The van der Waals surface area contributed by atoms with Gasteiger partial charge in [-0.1, -0.05) is 34.1 Å². The molecule has 1 atom stereocenters.